The van der Waals surface area contributed by atoms with E-state index in [0.29, 0.717) is 28.3 Å². The van der Waals surface area contributed by atoms with Crippen LogP contribution in [0.3, 0.4) is 0 Å². The van der Waals surface area contributed by atoms with Crippen LogP contribution in [0, 0.1) is 45.9 Å². The maximum Gasteiger partial charge on any atom is 0.330 e. The Morgan fingerprint density at radius 3 is 1.96 bits per heavy atom. The molecule has 69 heavy (non-hydrogen) atoms. The molecule has 0 bridgehead atoms. The molecule has 0 radical (unpaired) electrons. The van der Waals surface area contributed by atoms with Crippen molar-refractivity contribution < 1.29 is 23.8 Å². The van der Waals surface area contributed by atoms with Crippen LogP contribution in [0.25, 0.3) is 71.4 Å². The van der Waals surface area contributed by atoms with E-state index in [2.05, 4.69) is 136 Å². The fourth-order valence-electron chi connectivity index (χ4n) is 9.43. The standard InChI is InChI=1S/C61H51N3O5/c1-36-10-22-51-54(25-36)60(50-21-9-37(2)26-55(50)61(51)46-18-16-44-24-38(3)23-39(4)52(44)30-46)45-17-15-43-31-57(40(5)27-48(43)29-45)69-59(66)34-64(33-58(65)67-8)49-19-12-42(13-20-49)11-14-47-35-68-41(6)28-53(47)56(32-62)63-7/h9-31,35H,7,33-34H2,1-6,8H3/b14-11+,56-53-. The molecule has 0 aliphatic carbocycles. The second-order valence-electron chi connectivity index (χ2n) is 17.9. The maximum atomic E-state index is 13.7. The number of hydrogen-bond acceptors (Lipinski definition) is 8. The number of nitriles is 1. The van der Waals surface area contributed by atoms with Crippen LogP contribution in [0.2, 0.25) is 0 Å². The average molecular weight is 906 g/mol. The van der Waals surface area contributed by atoms with Gasteiger partial charge < -0.3 is 19.1 Å². The third kappa shape index (κ3) is 9.28. The van der Waals surface area contributed by atoms with E-state index < -0.39 is 11.9 Å². The number of nitrogens with zero attached hydrogens (tertiary/aromatic N) is 3. The number of carbonyl (C=O) groups excluding carboxylic acids is 2. The molecule has 0 spiro atoms. The molecule has 1 aliphatic rings. The molecule has 0 aromatic heterocycles. The van der Waals surface area contributed by atoms with Crippen LogP contribution in [-0.2, 0) is 19.1 Å². The average Bonchev–Trinajstić information content (AvgIpc) is 3.33. The lowest BCUT2D eigenvalue weighted by Crippen LogP contribution is -2.36. The number of esters is 2. The number of fused-ring (bicyclic) bond motifs is 4. The highest BCUT2D eigenvalue weighted by molar-refractivity contribution is 6.22. The number of ether oxygens (including phenoxy) is 3. The number of benzene rings is 8. The Bertz CT molecular complexity index is 3620. The number of hydrogen-bond donors (Lipinski definition) is 0. The summed E-state index contributed by atoms with van der Waals surface area (Å²) in [7, 11) is 1.31. The molecule has 8 nitrogen and oxygen atoms in total. The number of aliphatic imine (C=N–C) groups is 1. The molecule has 8 heteroatoms. The zero-order valence-corrected chi connectivity index (χ0v) is 39.9. The summed E-state index contributed by atoms with van der Waals surface area (Å²) < 4.78 is 16.6. The number of allylic oxidation sites excluding steroid dienone is 6. The molecule has 0 fully saturated rings. The summed E-state index contributed by atoms with van der Waals surface area (Å²) in [4.78, 5) is 31.8. The Morgan fingerprint density at radius 2 is 1.30 bits per heavy atom. The van der Waals surface area contributed by atoms with E-state index in [9.17, 15) is 14.9 Å². The molecule has 0 amide bonds. The summed E-state index contributed by atoms with van der Waals surface area (Å²) in [5.41, 5.74) is 13.3. The van der Waals surface area contributed by atoms with Gasteiger partial charge in [0.05, 0.1) is 13.4 Å². The summed E-state index contributed by atoms with van der Waals surface area (Å²) in [5.74, 6) is 0.0420. The quantitative estimate of drug-likeness (QED) is 0.0419. The topological polar surface area (TPSA) is 101 Å². The van der Waals surface area contributed by atoms with E-state index in [1.807, 2.05) is 49.4 Å². The Labute approximate surface area is 402 Å². The highest BCUT2D eigenvalue weighted by Gasteiger charge is 2.21. The highest BCUT2D eigenvalue weighted by Crippen LogP contribution is 2.46. The fraction of sp³-hybridized carbons (Fsp3) is 0.148. The van der Waals surface area contributed by atoms with Crippen molar-refractivity contribution >= 4 is 73.5 Å². The van der Waals surface area contributed by atoms with Gasteiger partial charge in [0.25, 0.3) is 0 Å². The SMILES string of the molecule is C=N/C(C#N)=C1/C=C(C)OC=C1/C=C/c1ccc(N(CC(=O)OC)CC(=O)Oc2cc3ccc(-c4c5ccc(C)cc5c(-c5ccc6cc(C)cc(C)c6c5)c5ccc(C)cc45)cc3cc2C)cc1. The minimum absolute atomic E-state index is 0.166. The second-order valence-corrected chi connectivity index (χ2v) is 17.9. The zero-order valence-electron chi connectivity index (χ0n) is 39.9. The zero-order chi connectivity index (χ0) is 48.5. The van der Waals surface area contributed by atoms with Crippen LogP contribution in [0.5, 0.6) is 5.75 Å². The molecular weight excluding hydrogens is 855 g/mol. The van der Waals surface area contributed by atoms with Gasteiger partial charge in [-0.15, -0.1) is 0 Å². The Hall–Kier alpha value is -8.54. The van der Waals surface area contributed by atoms with Gasteiger partial charge in [-0.3, -0.25) is 9.79 Å². The minimum atomic E-state index is -0.529. The lowest BCUT2D eigenvalue weighted by Gasteiger charge is -2.23. The first-order valence-corrected chi connectivity index (χ1v) is 22.8. The van der Waals surface area contributed by atoms with Gasteiger partial charge in [0.2, 0.25) is 0 Å². The highest BCUT2D eigenvalue weighted by atomic mass is 16.5. The van der Waals surface area contributed by atoms with Crippen LogP contribution in [0.1, 0.15) is 40.3 Å². The minimum Gasteiger partial charge on any atom is -0.469 e. The summed E-state index contributed by atoms with van der Waals surface area (Å²) >= 11 is 0. The second kappa shape index (κ2) is 19.0. The predicted octanol–water partition coefficient (Wildman–Crippen LogP) is 14.1. The van der Waals surface area contributed by atoms with Gasteiger partial charge in [-0.05, 0) is 173 Å². The van der Waals surface area contributed by atoms with E-state index in [0.717, 1.165) is 27.5 Å². The number of carbonyl (C=O) groups is 2. The maximum absolute atomic E-state index is 13.7. The molecule has 8 aromatic carbocycles. The van der Waals surface area contributed by atoms with Crippen molar-refractivity contribution in [3.63, 3.8) is 0 Å². The number of methoxy groups -OCH3 is 1. The molecule has 0 atom stereocenters. The predicted molar refractivity (Wildman–Crippen MR) is 281 cm³/mol. The first-order chi connectivity index (χ1) is 33.3. The van der Waals surface area contributed by atoms with Gasteiger partial charge >= 0.3 is 11.9 Å². The van der Waals surface area contributed by atoms with Gasteiger partial charge in [-0.2, -0.15) is 5.26 Å². The van der Waals surface area contributed by atoms with E-state index >= 15 is 0 Å². The monoisotopic (exact) mass is 905 g/mol. The van der Waals surface area contributed by atoms with Gasteiger partial charge in [-0.1, -0.05) is 114 Å². The smallest absolute Gasteiger partial charge is 0.330 e. The first kappa shape index (κ1) is 45.6. The number of anilines is 1. The van der Waals surface area contributed by atoms with Crippen molar-refractivity contribution in [3.05, 3.63) is 196 Å². The molecule has 1 heterocycles. The van der Waals surface area contributed by atoms with Gasteiger partial charge in [0.15, 0.2) is 0 Å². The van der Waals surface area contributed by atoms with E-state index in [1.54, 1.807) is 24.2 Å². The molecule has 0 unspecified atom stereocenters. The lowest BCUT2D eigenvalue weighted by molar-refractivity contribution is -0.139. The lowest BCUT2D eigenvalue weighted by atomic mass is 9.84. The largest absolute Gasteiger partial charge is 0.469 e. The molecular formula is C61H51N3O5. The van der Waals surface area contributed by atoms with Crippen LogP contribution < -0.4 is 9.64 Å². The third-order valence-electron chi connectivity index (χ3n) is 12.8. The van der Waals surface area contributed by atoms with Crippen LogP contribution in [0.4, 0.5) is 5.69 Å². The summed E-state index contributed by atoms with van der Waals surface area (Å²) in [5, 5.41) is 18.8. The molecule has 8 aromatic rings. The van der Waals surface area contributed by atoms with Crippen molar-refractivity contribution in [2.75, 3.05) is 25.1 Å². The van der Waals surface area contributed by atoms with Crippen LogP contribution in [-0.4, -0.2) is 38.9 Å². The number of rotatable bonds is 11. The van der Waals surface area contributed by atoms with Crippen LogP contribution >= 0.6 is 0 Å². The Balaban J connectivity index is 1.01. The summed E-state index contributed by atoms with van der Waals surface area (Å²) in [6.07, 6.45) is 7.00. The van der Waals surface area contributed by atoms with Gasteiger partial charge in [0.1, 0.15) is 36.4 Å². The first-order valence-electron chi connectivity index (χ1n) is 22.8. The van der Waals surface area contributed by atoms with E-state index in [1.165, 1.54) is 78.4 Å². The van der Waals surface area contributed by atoms with Crippen molar-refractivity contribution in [2.24, 2.45) is 4.99 Å². The Morgan fingerprint density at radius 1 is 0.652 bits per heavy atom. The van der Waals surface area contributed by atoms with Crippen molar-refractivity contribution in [1.82, 2.24) is 0 Å². The molecule has 0 saturated carbocycles. The molecule has 0 N–H and O–H groups in total. The van der Waals surface area contributed by atoms with Gasteiger partial charge in [-0.25, -0.2) is 4.79 Å². The molecule has 1 aliphatic heterocycles. The summed E-state index contributed by atoms with van der Waals surface area (Å²) in [6.45, 7) is 15.5. The van der Waals surface area contributed by atoms with Crippen molar-refractivity contribution in [1.29, 1.82) is 5.26 Å². The number of aryl methyl sites for hydroxylation is 5. The summed E-state index contributed by atoms with van der Waals surface area (Å²) in [6, 6.07) is 44.9. The molecule has 0 saturated heterocycles. The van der Waals surface area contributed by atoms with Crippen molar-refractivity contribution in [3.8, 4) is 34.1 Å². The van der Waals surface area contributed by atoms with E-state index in [4.69, 9.17) is 14.2 Å². The molecule has 9 rings (SSSR count). The Kier molecular flexibility index (Phi) is 12.5. The fourth-order valence-corrected chi connectivity index (χ4v) is 9.43. The third-order valence-corrected chi connectivity index (χ3v) is 12.8. The van der Waals surface area contributed by atoms with E-state index in [-0.39, 0.29) is 18.8 Å². The molecule has 340 valence electrons. The van der Waals surface area contributed by atoms with Crippen molar-refractivity contribution in [2.45, 2.75) is 41.5 Å². The van der Waals surface area contributed by atoms with Crippen LogP contribution in [0.15, 0.2) is 167 Å². The van der Waals surface area contributed by atoms with Gasteiger partial charge in [0, 0.05) is 16.8 Å². The normalized spacial score (nSPS) is 13.2.